The second-order valence-electron chi connectivity index (χ2n) is 5.01. The van der Waals surface area contributed by atoms with Gasteiger partial charge in [-0.3, -0.25) is 14.3 Å². The maximum absolute atomic E-state index is 12.3. The number of hydrogen-bond acceptors (Lipinski definition) is 3. The molecule has 5 heteroatoms. The molecule has 2 aliphatic heterocycles. The first-order valence-corrected chi connectivity index (χ1v) is 8.05. The standard InChI is InChI=1S/C12H22N2O2S/c1-3-4-11-12(15)14(9(2)13-11)10-5-7-17(16)8-6-10/h9-11,13H,3-8H2,1-2H3. The average molecular weight is 258 g/mol. The predicted octanol–water partition coefficient (Wildman–Crippen LogP) is 0.844. The molecular weight excluding hydrogens is 236 g/mol. The van der Waals surface area contributed by atoms with Crippen molar-refractivity contribution in [2.45, 2.75) is 57.8 Å². The van der Waals surface area contributed by atoms with Gasteiger partial charge in [-0.2, -0.15) is 0 Å². The van der Waals surface area contributed by atoms with Crippen LogP contribution in [0.4, 0.5) is 0 Å². The summed E-state index contributed by atoms with van der Waals surface area (Å²) in [6, 6.07) is 0.298. The highest BCUT2D eigenvalue weighted by molar-refractivity contribution is 7.85. The highest BCUT2D eigenvalue weighted by Gasteiger charge is 2.40. The minimum Gasteiger partial charge on any atom is -0.323 e. The van der Waals surface area contributed by atoms with E-state index in [4.69, 9.17) is 0 Å². The van der Waals surface area contributed by atoms with Gasteiger partial charge in [0.25, 0.3) is 0 Å². The molecule has 2 fully saturated rings. The first-order valence-electron chi connectivity index (χ1n) is 6.56. The van der Waals surface area contributed by atoms with Crippen LogP contribution in [-0.4, -0.2) is 44.8 Å². The van der Waals surface area contributed by atoms with Gasteiger partial charge in [-0.25, -0.2) is 0 Å². The summed E-state index contributed by atoms with van der Waals surface area (Å²) in [5.41, 5.74) is 0. The molecule has 0 aromatic carbocycles. The Hall–Kier alpha value is -0.420. The lowest BCUT2D eigenvalue weighted by Gasteiger charge is -2.33. The quantitative estimate of drug-likeness (QED) is 0.816. The number of nitrogens with zero attached hydrogens (tertiary/aromatic N) is 1. The molecule has 0 saturated carbocycles. The molecule has 98 valence electrons. The third kappa shape index (κ3) is 2.71. The molecule has 0 aromatic rings. The summed E-state index contributed by atoms with van der Waals surface area (Å²) < 4.78 is 11.3. The van der Waals surface area contributed by atoms with E-state index in [1.165, 1.54) is 0 Å². The molecule has 17 heavy (non-hydrogen) atoms. The Morgan fingerprint density at radius 1 is 1.41 bits per heavy atom. The molecule has 0 radical (unpaired) electrons. The van der Waals surface area contributed by atoms with Crippen LogP contribution in [-0.2, 0) is 15.6 Å². The molecule has 2 rings (SSSR count). The number of nitrogens with one attached hydrogen (secondary N) is 1. The number of carbonyl (C=O) groups excluding carboxylic acids is 1. The minimum absolute atomic E-state index is 0.00224. The van der Waals surface area contributed by atoms with E-state index >= 15 is 0 Å². The summed E-state index contributed by atoms with van der Waals surface area (Å²) in [5, 5.41) is 3.36. The van der Waals surface area contributed by atoms with Crippen LogP contribution >= 0.6 is 0 Å². The molecule has 0 aromatic heterocycles. The molecule has 2 saturated heterocycles. The van der Waals surface area contributed by atoms with Crippen LogP contribution in [0, 0.1) is 0 Å². The summed E-state index contributed by atoms with van der Waals surface area (Å²) in [6.07, 6.45) is 3.86. The van der Waals surface area contributed by atoms with E-state index in [0.717, 1.165) is 37.2 Å². The van der Waals surface area contributed by atoms with Crippen molar-refractivity contribution in [2.75, 3.05) is 11.5 Å². The summed E-state index contributed by atoms with van der Waals surface area (Å²) in [6.45, 7) is 4.16. The smallest absolute Gasteiger partial charge is 0.241 e. The average Bonchev–Trinajstić information content (AvgIpc) is 2.57. The molecule has 0 aliphatic carbocycles. The third-order valence-electron chi connectivity index (χ3n) is 3.74. The van der Waals surface area contributed by atoms with Crippen molar-refractivity contribution >= 4 is 16.7 Å². The van der Waals surface area contributed by atoms with Crippen molar-refractivity contribution < 1.29 is 9.00 Å². The second kappa shape index (κ2) is 5.48. The van der Waals surface area contributed by atoms with Crippen molar-refractivity contribution in [1.29, 1.82) is 0 Å². The molecule has 4 nitrogen and oxygen atoms in total. The van der Waals surface area contributed by atoms with Gasteiger partial charge in [-0.05, 0) is 26.2 Å². The van der Waals surface area contributed by atoms with Gasteiger partial charge < -0.3 is 4.90 Å². The van der Waals surface area contributed by atoms with Crippen molar-refractivity contribution in [3.05, 3.63) is 0 Å². The fourth-order valence-corrected chi connectivity index (χ4v) is 4.14. The minimum atomic E-state index is -0.654. The monoisotopic (exact) mass is 258 g/mol. The van der Waals surface area contributed by atoms with Crippen molar-refractivity contribution in [1.82, 2.24) is 10.2 Å². The first-order chi connectivity index (χ1) is 8.13. The van der Waals surface area contributed by atoms with Crippen LogP contribution in [0.1, 0.15) is 39.5 Å². The SMILES string of the molecule is CCCC1NC(C)N(C2CCS(=O)CC2)C1=O. The Balaban J connectivity index is 2.00. The van der Waals surface area contributed by atoms with E-state index in [1.54, 1.807) is 0 Å². The van der Waals surface area contributed by atoms with Crippen LogP contribution < -0.4 is 5.32 Å². The molecule has 2 aliphatic rings. The Kier molecular flexibility index (Phi) is 4.20. The molecule has 0 bridgehead atoms. The van der Waals surface area contributed by atoms with Crippen LogP contribution in [0.5, 0.6) is 0 Å². The van der Waals surface area contributed by atoms with Gasteiger partial charge in [0.1, 0.15) is 0 Å². The Bertz CT molecular complexity index is 312. The number of carbonyl (C=O) groups is 1. The summed E-state index contributed by atoms with van der Waals surface area (Å²) in [5.74, 6) is 1.75. The van der Waals surface area contributed by atoms with E-state index in [0.29, 0.717) is 6.04 Å². The molecular formula is C12H22N2O2S. The molecule has 2 unspecified atom stereocenters. The molecule has 2 atom stereocenters. The Morgan fingerprint density at radius 2 is 2.06 bits per heavy atom. The lowest BCUT2D eigenvalue weighted by Crippen LogP contribution is -2.46. The van der Waals surface area contributed by atoms with Gasteiger partial charge >= 0.3 is 0 Å². The second-order valence-corrected chi connectivity index (χ2v) is 6.70. The zero-order chi connectivity index (χ0) is 12.4. The lowest BCUT2D eigenvalue weighted by atomic mass is 10.1. The van der Waals surface area contributed by atoms with Gasteiger partial charge in [0.05, 0.1) is 12.2 Å². The van der Waals surface area contributed by atoms with Crippen LogP contribution in [0.25, 0.3) is 0 Å². The van der Waals surface area contributed by atoms with Gasteiger partial charge in [0.15, 0.2) is 0 Å². The van der Waals surface area contributed by atoms with E-state index in [1.807, 2.05) is 4.90 Å². The fourth-order valence-electron chi connectivity index (χ4n) is 2.86. The number of amides is 1. The zero-order valence-corrected chi connectivity index (χ0v) is 11.5. The zero-order valence-electron chi connectivity index (χ0n) is 10.6. The lowest BCUT2D eigenvalue weighted by molar-refractivity contribution is -0.132. The normalized spacial score (nSPS) is 38.7. The van der Waals surface area contributed by atoms with E-state index in [9.17, 15) is 9.00 Å². The molecule has 1 N–H and O–H groups in total. The topological polar surface area (TPSA) is 49.4 Å². The molecule has 1 amide bonds. The van der Waals surface area contributed by atoms with Crippen molar-refractivity contribution in [3.63, 3.8) is 0 Å². The number of hydrogen-bond donors (Lipinski definition) is 1. The van der Waals surface area contributed by atoms with E-state index in [-0.39, 0.29) is 18.1 Å². The Morgan fingerprint density at radius 3 is 2.65 bits per heavy atom. The summed E-state index contributed by atoms with van der Waals surface area (Å²) >= 11 is 0. The fraction of sp³-hybridized carbons (Fsp3) is 0.917. The third-order valence-corrected chi connectivity index (χ3v) is 5.12. The number of rotatable bonds is 3. The highest BCUT2D eigenvalue weighted by atomic mass is 32.2. The highest BCUT2D eigenvalue weighted by Crippen LogP contribution is 2.23. The van der Waals surface area contributed by atoms with Gasteiger partial charge in [-0.1, -0.05) is 13.3 Å². The van der Waals surface area contributed by atoms with Gasteiger partial charge in [0, 0.05) is 28.3 Å². The summed E-state index contributed by atoms with van der Waals surface area (Å²) in [4.78, 5) is 14.3. The van der Waals surface area contributed by atoms with Crippen LogP contribution in [0.15, 0.2) is 0 Å². The van der Waals surface area contributed by atoms with Crippen LogP contribution in [0.2, 0.25) is 0 Å². The maximum atomic E-state index is 12.3. The van der Waals surface area contributed by atoms with Crippen molar-refractivity contribution in [2.24, 2.45) is 0 Å². The van der Waals surface area contributed by atoms with Crippen LogP contribution in [0.3, 0.4) is 0 Å². The van der Waals surface area contributed by atoms with Gasteiger partial charge in [-0.15, -0.1) is 0 Å². The molecule has 2 heterocycles. The first kappa shape index (κ1) is 13.0. The van der Waals surface area contributed by atoms with Crippen molar-refractivity contribution in [3.8, 4) is 0 Å². The van der Waals surface area contributed by atoms with Gasteiger partial charge in [0.2, 0.25) is 5.91 Å². The predicted molar refractivity (Wildman–Crippen MR) is 69.0 cm³/mol. The largest absolute Gasteiger partial charge is 0.323 e. The summed E-state index contributed by atoms with van der Waals surface area (Å²) in [7, 11) is -0.654. The maximum Gasteiger partial charge on any atom is 0.241 e. The van der Waals surface area contributed by atoms with E-state index < -0.39 is 10.8 Å². The van der Waals surface area contributed by atoms with E-state index in [2.05, 4.69) is 19.2 Å². The Labute approximate surface area is 106 Å². The molecule has 0 spiro atoms.